The molecule has 0 fully saturated rings. The van der Waals surface area contributed by atoms with Crippen LogP contribution in [0, 0.1) is 0 Å². The van der Waals surface area contributed by atoms with Gasteiger partial charge in [0.15, 0.2) is 0 Å². The molecule has 0 bridgehead atoms. The maximum absolute atomic E-state index is 13.1. The van der Waals surface area contributed by atoms with E-state index in [2.05, 4.69) is 4.40 Å². The van der Waals surface area contributed by atoms with Crippen molar-refractivity contribution < 1.29 is 27.0 Å². The SMILES string of the molecule is CS(=O)(=O)[NH+]=C1C=C(N2CCc3cc(-c4ccc(SO)cc4)ccc3C2=O)C=CC1=O. The van der Waals surface area contributed by atoms with E-state index in [-0.39, 0.29) is 11.6 Å². The Balaban J connectivity index is 1.63. The molecule has 31 heavy (non-hydrogen) atoms. The van der Waals surface area contributed by atoms with E-state index in [9.17, 15) is 18.0 Å². The maximum Gasteiger partial charge on any atom is 0.360 e. The number of rotatable bonds is 4. The van der Waals surface area contributed by atoms with Crippen LogP contribution in [0.15, 0.2) is 71.3 Å². The van der Waals surface area contributed by atoms with Crippen LogP contribution in [0.25, 0.3) is 11.1 Å². The van der Waals surface area contributed by atoms with Crippen molar-refractivity contribution in [3.63, 3.8) is 0 Å². The average molecular weight is 456 g/mol. The molecule has 1 aliphatic heterocycles. The molecule has 1 amide bonds. The van der Waals surface area contributed by atoms with Crippen LogP contribution in [0.5, 0.6) is 0 Å². The minimum absolute atomic E-state index is 0.0848. The lowest BCUT2D eigenvalue weighted by Crippen LogP contribution is -2.77. The normalized spacial score (nSPS) is 17.7. The van der Waals surface area contributed by atoms with Gasteiger partial charge in [-0.2, -0.15) is 8.42 Å². The quantitative estimate of drug-likeness (QED) is 0.534. The predicted molar refractivity (Wildman–Crippen MR) is 118 cm³/mol. The second-order valence-electron chi connectivity index (χ2n) is 7.25. The van der Waals surface area contributed by atoms with Gasteiger partial charge in [0.2, 0.25) is 0 Å². The van der Waals surface area contributed by atoms with Crippen molar-refractivity contribution in [2.75, 3.05) is 12.8 Å². The van der Waals surface area contributed by atoms with E-state index in [0.29, 0.717) is 36.3 Å². The van der Waals surface area contributed by atoms with Crippen molar-refractivity contribution in [2.24, 2.45) is 0 Å². The van der Waals surface area contributed by atoms with Crippen molar-refractivity contribution in [3.05, 3.63) is 77.5 Å². The van der Waals surface area contributed by atoms with Crippen LogP contribution in [-0.4, -0.2) is 48.1 Å². The van der Waals surface area contributed by atoms with Gasteiger partial charge < -0.3 is 9.45 Å². The number of nitrogens with zero attached hydrogens (tertiary/aromatic N) is 1. The summed E-state index contributed by atoms with van der Waals surface area (Å²) in [6.07, 6.45) is 5.75. The molecule has 0 saturated heterocycles. The van der Waals surface area contributed by atoms with Crippen LogP contribution >= 0.6 is 12.0 Å². The third-order valence-corrected chi connectivity index (χ3v) is 6.12. The minimum atomic E-state index is -3.61. The first kappa shape index (κ1) is 21.2. The molecule has 9 heteroatoms. The zero-order valence-electron chi connectivity index (χ0n) is 16.5. The fraction of sp³-hybridized carbons (Fsp3) is 0.136. The molecule has 0 radical (unpaired) electrons. The van der Waals surface area contributed by atoms with Crippen LogP contribution in [-0.2, 0) is 21.2 Å². The van der Waals surface area contributed by atoms with E-state index in [1.165, 1.54) is 18.2 Å². The number of sulfonamides is 1. The molecular weight excluding hydrogens is 436 g/mol. The van der Waals surface area contributed by atoms with Crippen LogP contribution in [0.3, 0.4) is 0 Å². The summed E-state index contributed by atoms with van der Waals surface area (Å²) in [5, 5.41) is 0. The Morgan fingerprint density at radius 2 is 1.74 bits per heavy atom. The number of hydrogen-bond acceptors (Lipinski definition) is 6. The lowest BCUT2D eigenvalue weighted by atomic mass is 9.93. The van der Waals surface area contributed by atoms with Gasteiger partial charge in [0.1, 0.15) is 0 Å². The van der Waals surface area contributed by atoms with Crippen LogP contribution < -0.4 is 4.40 Å². The van der Waals surface area contributed by atoms with Gasteiger partial charge in [0, 0.05) is 35.1 Å². The highest BCUT2D eigenvalue weighted by molar-refractivity contribution is 7.93. The summed E-state index contributed by atoms with van der Waals surface area (Å²) in [4.78, 5) is 27.4. The number of allylic oxidation sites excluding steroid dienone is 3. The Bertz CT molecular complexity index is 1280. The molecular formula is C22H19N2O5S2+. The van der Waals surface area contributed by atoms with Gasteiger partial charge in [-0.25, -0.2) is 0 Å². The number of hydrogen-bond donors (Lipinski definition) is 2. The van der Waals surface area contributed by atoms with E-state index in [4.69, 9.17) is 4.55 Å². The second kappa shape index (κ2) is 8.26. The van der Waals surface area contributed by atoms with E-state index in [1.807, 2.05) is 36.4 Å². The number of amides is 1. The molecule has 0 saturated carbocycles. The van der Waals surface area contributed by atoms with E-state index >= 15 is 0 Å². The van der Waals surface area contributed by atoms with Crippen molar-refractivity contribution in [1.82, 2.24) is 4.90 Å². The molecule has 158 valence electrons. The van der Waals surface area contributed by atoms with Crippen molar-refractivity contribution in [1.29, 1.82) is 0 Å². The standard InChI is InChI=1S/C22H18N2O5S2/c1-31(28,29)23-20-13-17(5-9-21(20)25)24-11-10-16-12-15(4-8-19(16)22(24)26)14-2-6-18(30-27)7-3-14/h2-9,12-13,27H,10-11H2,1H3/p+1. The summed E-state index contributed by atoms with van der Waals surface area (Å²) < 4.78 is 34.3. The summed E-state index contributed by atoms with van der Waals surface area (Å²) in [5.41, 5.74) is 3.83. The third kappa shape index (κ3) is 4.53. The number of carbonyl (C=O) groups excluding carboxylic acids is 2. The second-order valence-corrected chi connectivity index (χ2v) is 9.65. The highest BCUT2D eigenvalue weighted by Gasteiger charge is 2.30. The van der Waals surface area contributed by atoms with Gasteiger partial charge in [-0.1, -0.05) is 24.3 Å². The molecule has 1 heterocycles. The Kier molecular flexibility index (Phi) is 5.65. The topological polar surface area (TPSA) is 106 Å². The zero-order chi connectivity index (χ0) is 22.2. The fourth-order valence-corrected chi connectivity index (χ4v) is 4.40. The smallest absolute Gasteiger partial charge is 0.325 e. The monoisotopic (exact) mass is 455 g/mol. The molecule has 2 aromatic carbocycles. The van der Waals surface area contributed by atoms with Gasteiger partial charge >= 0.3 is 10.0 Å². The molecule has 0 aromatic heterocycles. The van der Waals surface area contributed by atoms with Crippen LogP contribution in [0.1, 0.15) is 15.9 Å². The summed E-state index contributed by atoms with van der Waals surface area (Å²) in [5.74, 6) is -0.668. The molecule has 2 aromatic rings. The van der Waals surface area contributed by atoms with Gasteiger partial charge in [0.25, 0.3) is 17.4 Å². The van der Waals surface area contributed by atoms with Crippen molar-refractivity contribution in [2.45, 2.75) is 11.3 Å². The molecule has 2 aliphatic rings. The average Bonchev–Trinajstić information content (AvgIpc) is 2.74. The van der Waals surface area contributed by atoms with Gasteiger partial charge in [-0.05, 0) is 53.5 Å². The highest BCUT2D eigenvalue weighted by Crippen LogP contribution is 2.29. The van der Waals surface area contributed by atoms with E-state index < -0.39 is 15.8 Å². The van der Waals surface area contributed by atoms with Crippen LogP contribution in [0.2, 0.25) is 0 Å². The van der Waals surface area contributed by atoms with Gasteiger partial charge in [-0.3, -0.25) is 9.59 Å². The summed E-state index contributed by atoms with van der Waals surface area (Å²) in [6.45, 7) is 0.409. The maximum atomic E-state index is 13.1. The minimum Gasteiger partial charge on any atom is -0.325 e. The molecule has 0 atom stereocenters. The molecule has 4 rings (SSSR count). The van der Waals surface area contributed by atoms with E-state index in [1.54, 1.807) is 11.0 Å². The fourth-order valence-electron chi connectivity index (χ4n) is 3.59. The molecule has 0 spiro atoms. The molecule has 7 nitrogen and oxygen atoms in total. The number of fused-ring (bicyclic) bond motifs is 1. The van der Waals surface area contributed by atoms with Crippen LogP contribution in [0.4, 0.5) is 0 Å². The first-order valence-corrected chi connectivity index (χ1v) is 12.1. The lowest BCUT2D eigenvalue weighted by molar-refractivity contribution is -0.264. The highest BCUT2D eigenvalue weighted by atomic mass is 32.2. The zero-order valence-corrected chi connectivity index (χ0v) is 18.2. The largest absolute Gasteiger partial charge is 0.360 e. The predicted octanol–water partition coefficient (Wildman–Crippen LogP) is 1.42. The van der Waals surface area contributed by atoms with E-state index in [0.717, 1.165) is 27.8 Å². The van der Waals surface area contributed by atoms with Crippen molar-refractivity contribution in [3.8, 4) is 11.1 Å². The number of carbonyl (C=O) groups is 2. The number of ketones is 1. The Hall–Kier alpha value is -3.01. The lowest BCUT2D eigenvalue weighted by Gasteiger charge is -2.30. The molecule has 1 aliphatic carbocycles. The third-order valence-electron chi connectivity index (χ3n) is 5.05. The number of nitrogens with one attached hydrogen (secondary N) is 1. The Morgan fingerprint density at radius 3 is 2.42 bits per heavy atom. The van der Waals surface area contributed by atoms with Gasteiger partial charge in [0.05, 0.1) is 12.0 Å². The first-order chi connectivity index (χ1) is 14.7. The summed E-state index contributed by atoms with van der Waals surface area (Å²) in [7, 11) is -3.61. The number of benzene rings is 2. The van der Waals surface area contributed by atoms with Gasteiger partial charge in [-0.15, -0.1) is 4.40 Å². The Morgan fingerprint density at radius 1 is 1.03 bits per heavy atom. The Labute approximate surface area is 184 Å². The first-order valence-electron chi connectivity index (χ1n) is 9.41. The summed E-state index contributed by atoms with van der Waals surface area (Å²) in [6, 6.07) is 13.1. The molecule has 0 unspecified atom stereocenters. The molecule has 2 N–H and O–H groups in total. The summed E-state index contributed by atoms with van der Waals surface area (Å²) >= 11 is 0.691. The van der Waals surface area contributed by atoms with Crippen molar-refractivity contribution >= 4 is 39.5 Å².